The van der Waals surface area contributed by atoms with Crippen LogP contribution in [-0.4, -0.2) is 12.6 Å². The van der Waals surface area contributed by atoms with E-state index in [-0.39, 0.29) is 17.1 Å². The average Bonchev–Trinajstić information content (AvgIpc) is 2.61. The second-order valence-electron chi connectivity index (χ2n) is 5.79. The molecule has 0 amide bonds. The molecule has 0 atom stereocenters. The molecular formula is C20H16F2O5. The Hall–Kier alpha value is -3.22. The van der Waals surface area contributed by atoms with E-state index in [0.29, 0.717) is 5.58 Å². The Morgan fingerprint density at radius 1 is 1.11 bits per heavy atom. The van der Waals surface area contributed by atoms with E-state index < -0.39 is 18.2 Å². The van der Waals surface area contributed by atoms with E-state index >= 15 is 0 Å². The van der Waals surface area contributed by atoms with Gasteiger partial charge in [0.25, 0.3) is 0 Å². The highest BCUT2D eigenvalue weighted by Gasteiger charge is 2.13. The van der Waals surface area contributed by atoms with Crippen LogP contribution in [0.25, 0.3) is 11.0 Å². The number of aryl methyl sites for hydroxylation is 1. The number of hydrogen-bond donors (Lipinski definition) is 0. The first-order chi connectivity index (χ1) is 13.0. The van der Waals surface area contributed by atoms with Gasteiger partial charge >= 0.3 is 18.2 Å². The molecule has 0 bridgehead atoms. The van der Waals surface area contributed by atoms with Crippen LogP contribution in [0.3, 0.4) is 0 Å². The lowest BCUT2D eigenvalue weighted by Gasteiger charge is -2.09. The molecule has 0 saturated heterocycles. The highest BCUT2D eigenvalue weighted by molar-refractivity contribution is 5.92. The van der Waals surface area contributed by atoms with Crippen molar-refractivity contribution < 1.29 is 27.5 Å². The zero-order valence-corrected chi connectivity index (χ0v) is 14.4. The molecule has 0 aliphatic heterocycles. The molecule has 1 aromatic heterocycles. The summed E-state index contributed by atoms with van der Waals surface area (Å²) >= 11 is 0. The molecular weight excluding hydrogens is 358 g/mol. The van der Waals surface area contributed by atoms with Crippen molar-refractivity contribution in [1.82, 2.24) is 0 Å². The molecule has 5 nitrogen and oxygen atoms in total. The summed E-state index contributed by atoms with van der Waals surface area (Å²) in [6.45, 7) is -0.986. The monoisotopic (exact) mass is 374 g/mol. The van der Waals surface area contributed by atoms with Crippen molar-refractivity contribution in [3.8, 4) is 11.5 Å². The maximum absolute atomic E-state index is 12.3. The number of rotatable bonds is 6. The maximum Gasteiger partial charge on any atom is 0.387 e. The van der Waals surface area contributed by atoms with Gasteiger partial charge in [0.1, 0.15) is 17.1 Å². The Morgan fingerprint density at radius 2 is 1.93 bits per heavy atom. The molecule has 0 radical (unpaired) electrons. The van der Waals surface area contributed by atoms with Crippen LogP contribution < -0.4 is 15.1 Å². The van der Waals surface area contributed by atoms with Gasteiger partial charge in [0.15, 0.2) is 0 Å². The first kappa shape index (κ1) is 18.6. The smallest absolute Gasteiger partial charge is 0.387 e. The van der Waals surface area contributed by atoms with Crippen LogP contribution in [0.2, 0.25) is 0 Å². The van der Waals surface area contributed by atoms with Crippen LogP contribution >= 0.6 is 0 Å². The van der Waals surface area contributed by atoms with Gasteiger partial charge < -0.3 is 13.9 Å². The summed E-state index contributed by atoms with van der Waals surface area (Å²) in [6.07, 6.45) is 1.59. The second kappa shape index (κ2) is 7.99. The SMILES string of the molecule is CCCc1cc(=O)oc2cc(OC(=O)c3cccc(OC(F)F)c3)ccc12. The van der Waals surface area contributed by atoms with E-state index in [1.54, 1.807) is 12.1 Å². The van der Waals surface area contributed by atoms with E-state index in [1.165, 1.54) is 30.3 Å². The minimum Gasteiger partial charge on any atom is -0.435 e. The fourth-order valence-electron chi connectivity index (χ4n) is 2.72. The molecule has 7 heteroatoms. The standard InChI is InChI=1S/C20H16F2O5/c1-2-4-12-10-18(23)27-17-11-15(7-8-16(12)17)25-19(24)13-5-3-6-14(9-13)26-20(21)22/h3,5-11,20H,2,4H2,1H3. The van der Waals surface area contributed by atoms with Gasteiger partial charge in [-0.25, -0.2) is 9.59 Å². The Kier molecular flexibility index (Phi) is 5.49. The molecule has 0 N–H and O–H groups in total. The predicted molar refractivity (Wildman–Crippen MR) is 94.5 cm³/mol. The van der Waals surface area contributed by atoms with Crippen molar-refractivity contribution in [1.29, 1.82) is 0 Å². The van der Waals surface area contributed by atoms with Crippen LogP contribution in [0.1, 0.15) is 29.3 Å². The van der Waals surface area contributed by atoms with Crippen molar-refractivity contribution in [2.75, 3.05) is 0 Å². The number of carbonyl (C=O) groups excluding carboxylic acids is 1. The van der Waals surface area contributed by atoms with Crippen molar-refractivity contribution in [2.45, 2.75) is 26.4 Å². The zero-order chi connectivity index (χ0) is 19.4. The van der Waals surface area contributed by atoms with Crippen LogP contribution in [0.4, 0.5) is 8.78 Å². The fraction of sp³-hybridized carbons (Fsp3) is 0.200. The number of halogens is 2. The number of esters is 1. The van der Waals surface area contributed by atoms with E-state index in [0.717, 1.165) is 29.9 Å². The lowest BCUT2D eigenvalue weighted by atomic mass is 10.1. The summed E-state index contributed by atoms with van der Waals surface area (Å²) in [7, 11) is 0. The van der Waals surface area contributed by atoms with Crippen LogP contribution in [0.15, 0.2) is 57.7 Å². The van der Waals surface area contributed by atoms with Gasteiger partial charge in [0, 0.05) is 17.5 Å². The first-order valence-electron chi connectivity index (χ1n) is 8.30. The number of ether oxygens (including phenoxy) is 2. The number of alkyl halides is 2. The summed E-state index contributed by atoms with van der Waals surface area (Å²) in [4.78, 5) is 24.0. The summed E-state index contributed by atoms with van der Waals surface area (Å²) in [5.74, 6) is -0.723. The largest absolute Gasteiger partial charge is 0.435 e. The molecule has 0 spiro atoms. The molecule has 0 saturated carbocycles. The number of carbonyl (C=O) groups is 1. The van der Waals surface area contributed by atoms with Gasteiger partial charge in [-0.05, 0) is 42.3 Å². The molecule has 0 aliphatic carbocycles. The second-order valence-corrected chi connectivity index (χ2v) is 5.79. The van der Waals surface area contributed by atoms with Crippen molar-refractivity contribution >= 4 is 16.9 Å². The van der Waals surface area contributed by atoms with Crippen molar-refractivity contribution in [2.24, 2.45) is 0 Å². The highest BCUT2D eigenvalue weighted by atomic mass is 19.3. The highest BCUT2D eigenvalue weighted by Crippen LogP contribution is 2.25. The lowest BCUT2D eigenvalue weighted by molar-refractivity contribution is -0.0499. The van der Waals surface area contributed by atoms with Gasteiger partial charge in [-0.3, -0.25) is 0 Å². The lowest BCUT2D eigenvalue weighted by Crippen LogP contribution is -2.09. The van der Waals surface area contributed by atoms with Crippen LogP contribution in [0, 0.1) is 0 Å². The normalized spacial score (nSPS) is 11.0. The number of fused-ring (bicyclic) bond motifs is 1. The Bertz CT molecular complexity index is 1030. The number of hydrogen-bond acceptors (Lipinski definition) is 5. The third-order valence-electron chi connectivity index (χ3n) is 3.83. The molecule has 27 heavy (non-hydrogen) atoms. The molecule has 0 aliphatic rings. The molecule has 3 aromatic rings. The summed E-state index contributed by atoms with van der Waals surface area (Å²) in [6, 6.07) is 11.5. The van der Waals surface area contributed by atoms with E-state index in [2.05, 4.69) is 4.74 Å². The zero-order valence-electron chi connectivity index (χ0n) is 14.4. The molecule has 3 rings (SSSR count). The van der Waals surface area contributed by atoms with E-state index in [4.69, 9.17) is 9.15 Å². The predicted octanol–water partition coefficient (Wildman–Crippen LogP) is 4.57. The Morgan fingerprint density at radius 3 is 2.67 bits per heavy atom. The average molecular weight is 374 g/mol. The Balaban J connectivity index is 1.86. The molecule has 0 unspecified atom stereocenters. The van der Waals surface area contributed by atoms with Crippen molar-refractivity contribution in [3.63, 3.8) is 0 Å². The minimum atomic E-state index is -2.99. The fourth-order valence-corrected chi connectivity index (χ4v) is 2.72. The van der Waals surface area contributed by atoms with Gasteiger partial charge in [-0.15, -0.1) is 0 Å². The molecule has 0 fully saturated rings. The van der Waals surface area contributed by atoms with Gasteiger partial charge in [0.2, 0.25) is 0 Å². The first-order valence-corrected chi connectivity index (χ1v) is 8.30. The molecule has 1 heterocycles. The number of benzene rings is 2. The Labute approximate surface area is 153 Å². The van der Waals surface area contributed by atoms with Crippen LogP contribution in [-0.2, 0) is 6.42 Å². The van der Waals surface area contributed by atoms with Gasteiger partial charge in [-0.1, -0.05) is 19.4 Å². The van der Waals surface area contributed by atoms with Crippen molar-refractivity contribution in [3.05, 3.63) is 70.1 Å². The summed E-state index contributed by atoms with van der Waals surface area (Å²) in [5.41, 5.74) is 0.741. The molecule has 2 aromatic carbocycles. The minimum absolute atomic E-state index is 0.0504. The third-order valence-corrected chi connectivity index (χ3v) is 3.83. The topological polar surface area (TPSA) is 65.7 Å². The summed E-state index contributed by atoms with van der Waals surface area (Å²) in [5, 5.41) is 0.767. The van der Waals surface area contributed by atoms with E-state index in [1.807, 2.05) is 6.92 Å². The van der Waals surface area contributed by atoms with Gasteiger partial charge in [-0.2, -0.15) is 8.78 Å². The van der Waals surface area contributed by atoms with Gasteiger partial charge in [0.05, 0.1) is 5.56 Å². The molecule has 140 valence electrons. The van der Waals surface area contributed by atoms with E-state index in [9.17, 15) is 18.4 Å². The summed E-state index contributed by atoms with van der Waals surface area (Å²) < 4.78 is 39.3. The maximum atomic E-state index is 12.3. The van der Waals surface area contributed by atoms with Crippen LogP contribution in [0.5, 0.6) is 11.5 Å². The third kappa shape index (κ3) is 4.49. The quantitative estimate of drug-likeness (QED) is 0.359.